The molecule has 3 aromatic heterocycles. The molecule has 1 amide bonds. The summed E-state index contributed by atoms with van der Waals surface area (Å²) in [4.78, 5) is 39.0. The Kier molecular flexibility index (Phi) is 9.55. The molecular weight excluding hydrogens is 517 g/mol. The molecule has 0 bridgehead atoms. The number of nitrogens with zero attached hydrogens (tertiary/aromatic N) is 4. The van der Waals surface area contributed by atoms with Crippen molar-refractivity contribution in [3.05, 3.63) is 74.4 Å². The van der Waals surface area contributed by atoms with Crippen molar-refractivity contribution in [2.45, 2.75) is 32.9 Å². The molecule has 4 aromatic rings. The molecule has 0 fully saturated rings. The summed E-state index contributed by atoms with van der Waals surface area (Å²) in [5.74, 6) is -0.741. The molecule has 0 aliphatic heterocycles. The lowest BCUT2D eigenvalue weighted by Gasteiger charge is -2.16. The van der Waals surface area contributed by atoms with Crippen LogP contribution in [0, 0.1) is 12.7 Å². The Morgan fingerprint density at radius 3 is 2.58 bits per heavy atom. The highest BCUT2D eigenvalue weighted by atomic mass is 32.1. The van der Waals surface area contributed by atoms with Crippen LogP contribution in [0.15, 0.2) is 46.2 Å². The summed E-state index contributed by atoms with van der Waals surface area (Å²) in [5, 5.41) is 13.2. The number of thiophene rings is 1. The van der Waals surface area contributed by atoms with Gasteiger partial charge in [-0.2, -0.15) is 5.10 Å². The number of methoxy groups -OCH3 is 2. The van der Waals surface area contributed by atoms with Crippen LogP contribution in [0.1, 0.15) is 24.1 Å². The summed E-state index contributed by atoms with van der Waals surface area (Å²) in [6.45, 7) is 3.86. The number of aryl methyl sites for hydroxylation is 3. The number of fused-ring (bicyclic) bond motifs is 1. The minimum absolute atomic E-state index is 0.122. The van der Waals surface area contributed by atoms with E-state index in [-0.39, 0.29) is 19.6 Å². The first-order valence-corrected chi connectivity index (χ1v) is 12.5. The largest absolute Gasteiger partial charge is 0.496 e. The van der Waals surface area contributed by atoms with Crippen LogP contribution < -0.4 is 21.7 Å². The molecule has 0 saturated heterocycles. The Bertz CT molecular complexity index is 1520. The van der Waals surface area contributed by atoms with Crippen molar-refractivity contribution in [1.29, 1.82) is 0 Å². The van der Waals surface area contributed by atoms with E-state index in [1.807, 2.05) is 0 Å². The van der Waals surface area contributed by atoms with Crippen molar-refractivity contribution < 1.29 is 23.8 Å². The quantitative estimate of drug-likeness (QED) is 0.325. The number of aliphatic hydroxyl groups is 1. The molecule has 11 nitrogen and oxygen atoms in total. The van der Waals surface area contributed by atoms with Crippen LogP contribution in [0.5, 0.6) is 5.75 Å². The van der Waals surface area contributed by atoms with Crippen LogP contribution in [-0.4, -0.2) is 57.4 Å². The third-order valence-corrected chi connectivity index (χ3v) is 7.18. The van der Waals surface area contributed by atoms with E-state index in [0.717, 1.165) is 4.57 Å². The summed E-state index contributed by atoms with van der Waals surface area (Å²) in [6, 6.07) is 4.76. The van der Waals surface area contributed by atoms with Gasteiger partial charge >= 0.3 is 5.69 Å². The van der Waals surface area contributed by atoms with Crippen molar-refractivity contribution in [3.63, 3.8) is 0 Å². The number of ether oxygens (including phenoxy) is 2. The summed E-state index contributed by atoms with van der Waals surface area (Å²) in [5.41, 5.74) is 5.37. The van der Waals surface area contributed by atoms with E-state index in [0.29, 0.717) is 38.7 Å². The Morgan fingerprint density at radius 2 is 2.03 bits per heavy atom. The second-order valence-corrected chi connectivity index (χ2v) is 9.25. The molecule has 1 unspecified atom stereocenters. The van der Waals surface area contributed by atoms with E-state index < -0.39 is 29.0 Å². The number of rotatable bonds is 9. The highest BCUT2D eigenvalue weighted by molar-refractivity contribution is 7.21. The lowest BCUT2D eigenvalue weighted by molar-refractivity contribution is -0.120. The average molecular weight is 548 g/mol. The fourth-order valence-corrected chi connectivity index (χ4v) is 5.15. The van der Waals surface area contributed by atoms with Gasteiger partial charge in [-0.3, -0.25) is 14.2 Å². The van der Waals surface area contributed by atoms with Gasteiger partial charge < -0.3 is 20.3 Å². The molecule has 0 saturated carbocycles. The zero-order valence-electron chi connectivity index (χ0n) is 21.5. The number of nitrogens with two attached hydrogens (primary N) is 1. The number of hydrogen-bond donors (Lipinski definition) is 2. The smallest absolute Gasteiger partial charge is 0.332 e. The molecule has 1 atom stereocenters. The summed E-state index contributed by atoms with van der Waals surface area (Å²) in [7, 11) is 3.03. The zero-order chi connectivity index (χ0) is 28.0. The van der Waals surface area contributed by atoms with Crippen LogP contribution >= 0.6 is 11.3 Å². The minimum Gasteiger partial charge on any atom is -0.496 e. The monoisotopic (exact) mass is 547 g/mol. The van der Waals surface area contributed by atoms with Crippen LogP contribution in [0.4, 0.5) is 4.39 Å². The van der Waals surface area contributed by atoms with Crippen molar-refractivity contribution in [1.82, 2.24) is 18.9 Å². The highest BCUT2D eigenvalue weighted by Crippen LogP contribution is 2.31. The van der Waals surface area contributed by atoms with E-state index in [1.165, 1.54) is 48.1 Å². The second kappa shape index (κ2) is 12.6. The van der Waals surface area contributed by atoms with Gasteiger partial charge in [0, 0.05) is 31.6 Å². The maximum Gasteiger partial charge on any atom is 0.332 e. The average Bonchev–Trinajstić information content (AvgIpc) is 3.53. The Morgan fingerprint density at radius 1 is 1.29 bits per heavy atom. The molecule has 3 N–H and O–H groups in total. The number of carbonyl (C=O) groups is 1. The standard InChI is InChI=1S/C22H22FN5O4S.C3H8O2/c1-12-17-19(30)28(13(2)18(24)29)22(31)26(21(17)33-20(12)27-9-4-8-25-27)10-7-14-11-15(23)5-6-16(14)32-3;1-5-3-2-4/h4-6,8-9,11,13H,7,10H2,1-3H3,(H2,24,29);4H,2-3H2,1H3. The first-order chi connectivity index (χ1) is 18.2. The third-order valence-electron chi connectivity index (χ3n) is 5.87. The first kappa shape index (κ1) is 28.8. The zero-order valence-corrected chi connectivity index (χ0v) is 22.3. The lowest BCUT2D eigenvalue weighted by atomic mass is 10.1. The van der Waals surface area contributed by atoms with Crippen molar-refractivity contribution >= 4 is 27.5 Å². The Hall–Kier alpha value is -3.81. The molecule has 204 valence electrons. The lowest BCUT2D eigenvalue weighted by Crippen LogP contribution is -2.45. The minimum atomic E-state index is -1.14. The highest BCUT2D eigenvalue weighted by Gasteiger charge is 2.25. The predicted octanol–water partition coefficient (Wildman–Crippen LogP) is 1.78. The van der Waals surface area contributed by atoms with Crippen molar-refractivity contribution in [2.24, 2.45) is 5.73 Å². The van der Waals surface area contributed by atoms with Gasteiger partial charge in [-0.05, 0) is 50.1 Å². The fourth-order valence-electron chi connectivity index (χ4n) is 3.89. The number of aromatic nitrogens is 4. The van der Waals surface area contributed by atoms with E-state index in [1.54, 1.807) is 37.2 Å². The van der Waals surface area contributed by atoms with E-state index in [2.05, 4.69) is 9.84 Å². The molecule has 38 heavy (non-hydrogen) atoms. The van der Waals surface area contributed by atoms with Gasteiger partial charge in [-0.15, -0.1) is 0 Å². The van der Waals surface area contributed by atoms with Gasteiger partial charge in [0.15, 0.2) is 0 Å². The number of carbonyl (C=O) groups excluding carboxylic acids is 1. The van der Waals surface area contributed by atoms with Crippen LogP contribution in [0.25, 0.3) is 15.2 Å². The van der Waals surface area contributed by atoms with Gasteiger partial charge in [0.05, 0.1) is 25.7 Å². The first-order valence-electron chi connectivity index (χ1n) is 11.7. The van der Waals surface area contributed by atoms with Gasteiger partial charge in [0.25, 0.3) is 5.56 Å². The van der Waals surface area contributed by atoms with Crippen LogP contribution in [0.2, 0.25) is 0 Å². The SMILES string of the molecule is COCCO.COc1ccc(F)cc1CCn1c(=O)n(C(C)C(N)=O)c(=O)c2c(C)c(-n3cccn3)sc21. The summed E-state index contributed by atoms with van der Waals surface area (Å²) in [6.07, 6.45) is 3.61. The van der Waals surface area contributed by atoms with Crippen LogP contribution in [0.3, 0.4) is 0 Å². The van der Waals surface area contributed by atoms with Gasteiger partial charge in [-0.25, -0.2) is 18.4 Å². The molecule has 3 heterocycles. The normalized spacial score (nSPS) is 11.7. The number of benzene rings is 1. The molecule has 0 radical (unpaired) electrons. The molecule has 13 heteroatoms. The van der Waals surface area contributed by atoms with E-state index >= 15 is 0 Å². The summed E-state index contributed by atoms with van der Waals surface area (Å²) >= 11 is 1.24. The number of halogens is 1. The third kappa shape index (κ3) is 5.85. The molecule has 0 spiro atoms. The molecular formula is C25H30FN5O6S. The van der Waals surface area contributed by atoms with Gasteiger partial charge in [-0.1, -0.05) is 11.3 Å². The van der Waals surface area contributed by atoms with Gasteiger partial charge in [0.2, 0.25) is 5.91 Å². The fraction of sp³-hybridized carbons (Fsp3) is 0.360. The topological polar surface area (TPSA) is 144 Å². The van der Waals surface area contributed by atoms with Gasteiger partial charge in [0.1, 0.15) is 27.4 Å². The molecule has 4 rings (SSSR count). The molecule has 1 aromatic carbocycles. The number of primary amides is 1. The number of hydrogen-bond acceptors (Lipinski definition) is 8. The number of aliphatic hydroxyl groups excluding tert-OH is 1. The van der Waals surface area contributed by atoms with Crippen LogP contribution in [-0.2, 0) is 22.5 Å². The summed E-state index contributed by atoms with van der Waals surface area (Å²) < 4.78 is 27.5. The maximum atomic E-state index is 13.8. The van der Waals surface area contributed by atoms with E-state index in [4.69, 9.17) is 15.6 Å². The van der Waals surface area contributed by atoms with E-state index in [9.17, 15) is 18.8 Å². The maximum absolute atomic E-state index is 13.8. The van der Waals surface area contributed by atoms with Crippen molar-refractivity contribution in [3.8, 4) is 10.8 Å². The molecule has 0 aliphatic carbocycles. The number of amides is 1. The molecule has 0 aliphatic rings. The Labute approximate surface area is 221 Å². The predicted molar refractivity (Wildman–Crippen MR) is 142 cm³/mol. The Balaban J connectivity index is 0.000000732. The second-order valence-electron chi connectivity index (χ2n) is 8.27. The van der Waals surface area contributed by atoms with Crippen molar-refractivity contribution in [2.75, 3.05) is 27.4 Å².